The summed E-state index contributed by atoms with van der Waals surface area (Å²) in [5, 5.41) is 13.4. The second-order valence-electron chi connectivity index (χ2n) is 9.32. The number of tetrazole rings is 1. The van der Waals surface area contributed by atoms with Crippen LogP contribution in [0.2, 0.25) is 0 Å². The molecule has 1 N–H and O–H groups in total. The fraction of sp³-hybridized carbons (Fsp3) is 0.407. The average molecular weight is 489 g/mol. The highest BCUT2D eigenvalue weighted by Crippen LogP contribution is 2.31. The van der Waals surface area contributed by atoms with Crippen molar-refractivity contribution in [1.82, 2.24) is 30.1 Å². The Morgan fingerprint density at radius 1 is 1.03 bits per heavy atom. The van der Waals surface area contributed by atoms with Crippen LogP contribution in [-0.4, -0.2) is 50.4 Å². The van der Waals surface area contributed by atoms with Crippen molar-refractivity contribution < 1.29 is 9.47 Å². The highest BCUT2D eigenvalue weighted by molar-refractivity contribution is 5.83. The van der Waals surface area contributed by atoms with E-state index in [0.717, 1.165) is 36.0 Å². The molecule has 2 aromatic carbocycles. The van der Waals surface area contributed by atoms with E-state index in [1.165, 1.54) is 18.4 Å². The van der Waals surface area contributed by atoms with Crippen molar-refractivity contribution in [2.45, 2.75) is 57.8 Å². The molecule has 1 fully saturated rings. The van der Waals surface area contributed by atoms with E-state index in [2.05, 4.69) is 37.5 Å². The Morgan fingerprint density at radius 2 is 1.78 bits per heavy atom. The Hall–Kier alpha value is -3.72. The molecule has 0 saturated heterocycles. The number of ether oxygens (including phenoxy) is 2. The zero-order valence-electron chi connectivity index (χ0n) is 20.8. The number of aromatic nitrogens is 5. The van der Waals surface area contributed by atoms with Crippen LogP contribution in [0, 0.1) is 0 Å². The van der Waals surface area contributed by atoms with Crippen molar-refractivity contribution in [1.29, 1.82) is 0 Å². The Labute approximate surface area is 210 Å². The number of fused-ring (bicyclic) bond motifs is 1. The van der Waals surface area contributed by atoms with Crippen LogP contribution < -0.4 is 15.0 Å². The third-order valence-corrected chi connectivity index (χ3v) is 7.05. The Morgan fingerprint density at radius 3 is 2.53 bits per heavy atom. The van der Waals surface area contributed by atoms with Gasteiger partial charge in [-0.15, -0.1) is 5.10 Å². The van der Waals surface area contributed by atoms with E-state index < -0.39 is 0 Å². The predicted molar refractivity (Wildman–Crippen MR) is 137 cm³/mol. The fourth-order valence-electron chi connectivity index (χ4n) is 5.07. The molecular weight excluding hydrogens is 456 g/mol. The lowest BCUT2D eigenvalue weighted by Crippen LogP contribution is -2.35. The van der Waals surface area contributed by atoms with Crippen LogP contribution in [0.4, 0.5) is 0 Å². The molecule has 1 aliphatic rings. The van der Waals surface area contributed by atoms with Crippen molar-refractivity contribution in [2.75, 3.05) is 14.2 Å². The number of nitrogens with zero attached hydrogens (tertiary/aromatic N) is 5. The molecule has 2 aromatic heterocycles. The van der Waals surface area contributed by atoms with Crippen LogP contribution in [0.3, 0.4) is 0 Å². The summed E-state index contributed by atoms with van der Waals surface area (Å²) in [5.41, 5.74) is 2.59. The predicted octanol–water partition coefficient (Wildman–Crippen LogP) is 3.72. The van der Waals surface area contributed by atoms with Gasteiger partial charge in [-0.3, -0.25) is 9.69 Å². The maximum atomic E-state index is 13.1. The van der Waals surface area contributed by atoms with Crippen molar-refractivity contribution in [3.8, 4) is 11.5 Å². The zero-order chi connectivity index (χ0) is 24.9. The number of nitrogens with one attached hydrogen (secondary N) is 1. The normalized spacial score (nSPS) is 14.1. The lowest BCUT2D eigenvalue weighted by molar-refractivity contribution is 0.172. The number of aryl methyl sites for hydroxylation is 2. The van der Waals surface area contributed by atoms with Crippen LogP contribution in [0.1, 0.15) is 42.6 Å². The quantitative estimate of drug-likeness (QED) is 0.363. The molecule has 5 rings (SSSR count). The minimum atomic E-state index is -0.0959. The van der Waals surface area contributed by atoms with E-state index in [0.29, 0.717) is 42.7 Å². The number of hydrogen-bond donors (Lipinski definition) is 1. The number of hydrogen-bond acceptors (Lipinski definition) is 7. The number of methoxy groups -OCH3 is 2. The van der Waals surface area contributed by atoms with Gasteiger partial charge >= 0.3 is 0 Å². The Balaban J connectivity index is 1.39. The highest BCUT2D eigenvalue weighted by Gasteiger charge is 2.25. The summed E-state index contributed by atoms with van der Waals surface area (Å²) in [6, 6.07) is 16.4. The highest BCUT2D eigenvalue weighted by atomic mass is 16.5. The first kappa shape index (κ1) is 24.0. The molecule has 1 saturated carbocycles. The molecule has 0 amide bonds. The largest absolute Gasteiger partial charge is 0.493 e. The second kappa shape index (κ2) is 10.9. The molecular formula is C27H32N6O3. The number of rotatable bonds is 10. The van der Waals surface area contributed by atoms with Crippen molar-refractivity contribution >= 4 is 10.9 Å². The molecule has 36 heavy (non-hydrogen) atoms. The molecule has 9 heteroatoms. The molecule has 4 aromatic rings. The molecule has 0 radical (unpaired) electrons. The van der Waals surface area contributed by atoms with Gasteiger partial charge in [-0.2, -0.15) is 0 Å². The van der Waals surface area contributed by atoms with Crippen molar-refractivity contribution in [3.05, 3.63) is 75.8 Å². The topological polar surface area (TPSA) is 98.2 Å². The minimum Gasteiger partial charge on any atom is -0.493 e. The number of benzene rings is 2. The smallest absolute Gasteiger partial charge is 0.252 e. The summed E-state index contributed by atoms with van der Waals surface area (Å²) in [5.74, 6) is 2.04. The molecule has 0 unspecified atom stereocenters. The van der Waals surface area contributed by atoms with Crippen molar-refractivity contribution in [2.24, 2.45) is 0 Å². The van der Waals surface area contributed by atoms with Gasteiger partial charge in [0.1, 0.15) is 0 Å². The molecule has 0 bridgehead atoms. The van der Waals surface area contributed by atoms with Gasteiger partial charge in [-0.25, -0.2) is 4.68 Å². The van der Waals surface area contributed by atoms with Crippen LogP contribution >= 0.6 is 0 Å². The number of aromatic amines is 1. The molecule has 2 heterocycles. The maximum Gasteiger partial charge on any atom is 0.252 e. The summed E-state index contributed by atoms with van der Waals surface area (Å²) < 4.78 is 12.7. The van der Waals surface area contributed by atoms with E-state index in [4.69, 9.17) is 9.47 Å². The van der Waals surface area contributed by atoms with Crippen molar-refractivity contribution in [3.63, 3.8) is 0 Å². The van der Waals surface area contributed by atoms with Gasteiger partial charge in [0.2, 0.25) is 0 Å². The van der Waals surface area contributed by atoms with Gasteiger partial charge in [0.15, 0.2) is 17.3 Å². The first-order valence-corrected chi connectivity index (χ1v) is 12.5. The van der Waals surface area contributed by atoms with Gasteiger partial charge in [0, 0.05) is 36.1 Å². The van der Waals surface area contributed by atoms with Gasteiger partial charge < -0.3 is 14.5 Å². The molecule has 9 nitrogen and oxygen atoms in total. The standard InChI is InChI=1S/C27H32N6O3/c1-35-24-15-20-14-21(27(34)28-23(20)16-25(24)36-2)17-32(22-10-6-7-11-22)18-26-29-30-31-33(26)13-12-19-8-4-3-5-9-19/h3-5,8-9,14-16,22H,6-7,10-13,17-18H2,1-2H3,(H,28,34). The lowest BCUT2D eigenvalue weighted by Gasteiger charge is -2.28. The third-order valence-electron chi connectivity index (χ3n) is 7.05. The molecule has 0 atom stereocenters. The van der Waals surface area contributed by atoms with Crippen LogP contribution in [0.15, 0.2) is 53.3 Å². The monoisotopic (exact) mass is 488 g/mol. The summed E-state index contributed by atoms with van der Waals surface area (Å²) >= 11 is 0. The van der Waals surface area contributed by atoms with Gasteiger partial charge in [-0.1, -0.05) is 43.2 Å². The first-order chi connectivity index (χ1) is 17.6. The maximum absolute atomic E-state index is 13.1. The van der Waals surface area contributed by atoms with Crippen LogP contribution in [-0.2, 0) is 26.1 Å². The van der Waals surface area contributed by atoms with E-state index >= 15 is 0 Å². The number of pyridine rings is 1. The summed E-state index contributed by atoms with van der Waals surface area (Å²) in [6.07, 6.45) is 5.48. The summed E-state index contributed by atoms with van der Waals surface area (Å²) in [6.45, 7) is 1.83. The minimum absolute atomic E-state index is 0.0959. The Kier molecular flexibility index (Phi) is 7.27. The molecule has 0 aliphatic heterocycles. The average Bonchev–Trinajstić information content (AvgIpc) is 3.60. The van der Waals surface area contributed by atoms with Gasteiger partial charge in [-0.05, 0) is 47.4 Å². The van der Waals surface area contributed by atoms with Crippen LogP contribution in [0.5, 0.6) is 11.5 Å². The SMILES string of the molecule is COc1cc2cc(CN(Cc3nnnn3CCc3ccccc3)C3CCCC3)c(=O)[nH]c2cc1OC. The molecule has 1 aliphatic carbocycles. The van der Waals surface area contributed by atoms with E-state index in [-0.39, 0.29) is 5.56 Å². The van der Waals surface area contributed by atoms with Gasteiger partial charge in [0.05, 0.1) is 26.3 Å². The lowest BCUT2D eigenvalue weighted by atomic mass is 10.1. The van der Waals surface area contributed by atoms with E-state index in [9.17, 15) is 4.79 Å². The zero-order valence-corrected chi connectivity index (χ0v) is 20.8. The second-order valence-corrected chi connectivity index (χ2v) is 9.32. The van der Waals surface area contributed by atoms with E-state index in [1.54, 1.807) is 20.3 Å². The van der Waals surface area contributed by atoms with Gasteiger partial charge in [0.25, 0.3) is 5.56 Å². The summed E-state index contributed by atoms with van der Waals surface area (Å²) in [4.78, 5) is 18.4. The summed E-state index contributed by atoms with van der Waals surface area (Å²) in [7, 11) is 3.20. The fourth-order valence-corrected chi connectivity index (χ4v) is 5.07. The molecule has 188 valence electrons. The first-order valence-electron chi connectivity index (χ1n) is 12.5. The Bertz CT molecular complexity index is 1360. The van der Waals surface area contributed by atoms with E-state index in [1.807, 2.05) is 35.0 Å². The molecule has 0 spiro atoms. The number of H-pyrrole nitrogens is 1. The van der Waals surface area contributed by atoms with Crippen LogP contribution in [0.25, 0.3) is 10.9 Å². The third kappa shape index (κ3) is 5.26.